The molecule has 7 heavy (non-hydrogen) atoms. The predicted molar refractivity (Wildman–Crippen MR) is 38.0 cm³/mol. The second-order valence-electron chi connectivity index (χ2n) is 1.15. The van der Waals surface area contributed by atoms with Gasteiger partial charge in [0.25, 0.3) is 0 Å². The van der Waals surface area contributed by atoms with Gasteiger partial charge >= 0.3 is 0 Å². The third-order valence-electron chi connectivity index (χ3n) is 0.567. The Hall–Kier alpha value is 0.640. The fourth-order valence-corrected chi connectivity index (χ4v) is 1.10. The normalized spacial score (nSPS) is 9.43. The van der Waals surface area contributed by atoms with Crippen LogP contribution >= 0.6 is 23.4 Å². The Morgan fingerprint density at radius 2 is 2.29 bits per heavy atom. The Labute approximate surface area is 54.6 Å². The number of alkyl halides is 1. The third-order valence-corrected chi connectivity index (χ3v) is 1.70. The zero-order valence-electron chi connectivity index (χ0n) is 4.32. The highest BCUT2D eigenvalue weighted by molar-refractivity contribution is 7.99. The molecule has 0 amide bonds. The molecule has 0 nitrogen and oxygen atoms in total. The minimum Gasteiger partial charge on any atom is -0.162 e. The molecule has 0 N–H and O–H groups in total. The van der Waals surface area contributed by atoms with E-state index in [1.54, 1.807) is 0 Å². The van der Waals surface area contributed by atoms with Crippen molar-refractivity contribution in [2.45, 2.75) is 6.42 Å². The van der Waals surface area contributed by atoms with Crippen LogP contribution in [0.1, 0.15) is 6.42 Å². The van der Waals surface area contributed by atoms with E-state index in [-0.39, 0.29) is 0 Å². The summed E-state index contributed by atoms with van der Waals surface area (Å²) >= 11 is 7.24. The molecule has 1 radical (unpaired) electrons. The molecule has 2 heteroatoms. The number of rotatable bonds is 4. The summed E-state index contributed by atoms with van der Waals surface area (Å²) in [5, 5.41) is 0. The zero-order valence-corrected chi connectivity index (χ0v) is 5.89. The number of thioether (sulfide) groups is 1. The maximum absolute atomic E-state index is 5.40. The van der Waals surface area contributed by atoms with Crippen LogP contribution in [0.5, 0.6) is 0 Å². The van der Waals surface area contributed by atoms with Crippen molar-refractivity contribution in [3.05, 3.63) is 6.92 Å². The molecule has 0 aliphatic heterocycles. The highest BCUT2D eigenvalue weighted by atomic mass is 35.5. The average molecular weight is 138 g/mol. The van der Waals surface area contributed by atoms with E-state index in [0.29, 0.717) is 0 Å². The average Bonchev–Trinajstić information content (AvgIpc) is 1.69. The van der Waals surface area contributed by atoms with Crippen LogP contribution < -0.4 is 0 Å². The van der Waals surface area contributed by atoms with Gasteiger partial charge in [-0.3, -0.25) is 0 Å². The molecule has 0 unspecified atom stereocenters. The minimum atomic E-state index is 0.785. The predicted octanol–water partition coefficient (Wildman–Crippen LogP) is 2.18. The first kappa shape index (κ1) is 7.64. The molecule has 0 aliphatic rings. The van der Waals surface area contributed by atoms with E-state index in [2.05, 4.69) is 6.92 Å². The van der Waals surface area contributed by atoms with E-state index in [0.717, 1.165) is 23.8 Å². The molecule has 0 heterocycles. The van der Waals surface area contributed by atoms with Crippen LogP contribution in [-0.2, 0) is 0 Å². The molecule has 0 saturated heterocycles. The van der Waals surface area contributed by atoms with Gasteiger partial charge in [0.2, 0.25) is 0 Å². The maximum Gasteiger partial charge on any atom is 0.0231 e. The van der Waals surface area contributed by atoms with Crippen molar-refractivity contribution in [2.75, 3.05) is 17.4 Å². The second kappa shape index (κ2) is 6.64. The number of hydrogen-bond acceptors (Lipinski definition) is 1. The lowest BCUT2D eigenvalue weighted by atomic mass is 10.6. The molecule has 0 aromatic carbocycles. The summed E-state index contributed by atoms with van der Waals surface area (Å²) in [7, 11) is 0. The fourth-order valence-electron chi connectivity index (χ4n) is 0.259. The van der Waals surface area contributed by atoms with E-state index < -0.39 is 0 Å². The van der Waals surface area contributed by atoms with Crippen LogP contribution in [-0.4, -0.2) is 17.4 Å². The van der Waals surface area contributed by atoms with Crippen molar-refractivity contribution in [3.63, 3.8) is 0 Å². The van der Waals surface area contributed by atoms with Crippen molar-refractivity contribution < 1.29 is 0 Å². The van der Waals surface area contributed by atoms with Gasteiger partial charge in [0.05, 0.1) is 0 Å². The molecule has 0 fully saturated rings. The molecule has 0 aliphatic carbocycles. The molecule has 0 aromatic rings. The quantitative estimate of drug-likeness (QED) is 0.423. The fraction of sp³-hybridized carbons (Fsp3) is 0.800. The third kappa shape index (κ3) is 6.64. The van der Waals surface area contributed by atoms with Crippen LogP contribution in [0, 0.1) is 6.92 Å². The van der Waals surface area contributed by atoms with Crippen molar-refractivity contribution in [1.82, 2.24) is 0 Å². The second-order valence-corrected chi connectivity index (χ2v) is 2.76. The lowest BCUT2D eigenvalue weighted by Gasteiger charge is -1.90. The van der Waals surface area contributed by atoms with Crippen LogP contribution in [0.3, 0.4) is 0 Å². The van der Waals surface area contributed by atoms with E-state index in [1.807, 2.05) is 11.8 Å². The van der Waals surface area contributed by atoms with Gasteiger partial charge in [0, 0.05) is 5.88 Å². The Balaban J connectivity index is 2.45. The van der Waals surface area contributed by atoms with Gasteiger partial charge in [-0.05, 0) is 24.9 Å². The topological polar surface area (TPSA) is 0 Å². The Bertz CT molecular complexity index is 27.3. The molecule has 0 aromatic heterocycles. The van der Waals surface area contributed by atoms with Gasteiger partial charge in [-0.25, -0.2) is 0 Å². The number of halogens is 1. The summed E-state index contributed by atoms with van der Waals surface area (Å²) in [5.74, 6) is 2.91. The van der Waals surface area contributed by atoms with E-state index in [1.165, 1.54) is 0 Å². The van der Waals surface area contributed by atoms with Crippen LogP contribution in [0.4, 0.5) is 0 Å². The Morgan fingerprint density at radius 3 is 2.71 bits per heavy atom. The van der Waals surface area contributed by atoms with Gasteiger partial charge in [0.15, 0.2) is 0 Å². The summed E-state index contributed by atoms with van der Waals surface area (Å²) in [5.41, 5.74) is 0. The molecular formula is C5H10ClS. The van der Waals surface area contributed by atoms with E-state index >= 15 is 0 Å². The van der Waals surface area contributed by atoms with Crippen LogP contribution in [0.25, 0.3) is 0 Å². The van der Waals surface area contributed by atoms with Gasteiger partial charge in [-0.1, -0.05) is 0 Å². The first-order chi connectivity index (χ1) is 3.41. The van der Waals surface area contributed by atoms with Crippen molar-refractivity contribution in [2.24, 2.45) is 0 Å². The molecule has 43 valence electrons. The summed E-state index contributed by atoms with van der Waals surface area (Å²) in [6.07, 6.45) is 1.11. The Kier molecular flexibility index (Phi) is 7.25. The highest BCUT2D eigenvalue weighted by Crippen LogP contribution is 2.00. The van der Waals surface area contributed by atoms with Crippen LogP contribution in [0.15, 0.2) is 0 Å². The summed E-state index contributed by atoms with van der Waals surface area (Å²) in [6, 6.07) is 0. The molecular weight excluding hydrogens is 128 g/mol. The summed E-state index contributed by atoms with van der Waals surface area (Å²) < 4.78 is 0. The lowest BCUT2D eigenvalue weighted by Crippen LogP contribution is -1.79. The van der Waals surface area contributed by atoms with E-state index in [9.17, 15) is 0 Å². The Morgan fingerprint density at radius 1 is 1.57 bits per heavy atom. The van der Waals surface area contributed by atoms with Crippen molar-refractivity contribution in [3.8, 4) is 0 Å². The van der Waals surface area contributed by atoms with E-state index in [4.69, 9.17) is 11.6 Å². The molecule has 0 rings (SSSR count). The highest BCUT2D eigenvalue weighted by Gasteiger charge is 1.81. The first-order valence-electron chi connectivity index (χ1n) is 2.34. The first-order valence-corrected chi connectivity index (χ1v) is 4.03. The summed E-state index contributed by atoms with van der Waals surface area (Å²) in [6.45, 7) is 3.68. The molecule has 0 bridgehead atoms. The van der Waals surface area contributed by atoms with Gasteiger partial charge < -0.3 is 0 Å². The van der Waals surface area contributed by atoms with Gasteiger partial charge in [-0.15, -0.1) is 11.6 Å². The smallest absolute Gasteiger partial charge is 0.0231 e. The lowest BCUT2D eigenvalue weighted by molar-refractivity contribution is 1.12. The van der Waals surface area contributed by atoms with Crippen LogP contribution in [0.2, 0.25) is 0 Å². The molecule has 0 atom stereocenters. The standard InChI is InChI=1S/C5H10ClS/c1-2-7-5-3-4-6/h1-5H2. The molecule has 0 spiro atoms. The largest absolute Gasteiger partial charge is 0.162 e. The number of hydrogen-bond donors (Lipinski definition) is 0. The van der Waals surface area contributed by atoms with Gasteiger partial charge in [-0.2, -0.15) is 11.8 Å². The summed E-state index contributed by atoms with van der Waals surface area (Å²) in [4.78, 5) is 0. The SMILES string of the molecule is [CH2]CSCCCCl. The monoisotopic (exact) mass is 137 g/mol. The van der Waals surface area contributed by atoms with Crippen molar-refractivity contribution >= 4 is 23.4 Å². The van der Waals surface area contributed by atoms with Gasteiger partial charge in [0.1, 0.15) is 0 Å². The van der Waals surface area contributed by atoms with Crippen molar-refractivity contribution in [1.29, 1.82) is 0 Å². The zero-order chi connectivity index (χ0) is 5.54. The maximum atomic E-state index is 5.40. The minimum absolute atomic E-state index is 0.785. The molecule has 0 saturated carbocycles.